The second-order valence-corrected chi connectivity index (χ2v) is 13.6. The standard InChI is InChI=1S/C30H47NO10/c1-14-18(40-26(36)23(38-10)16(3)31(8)9)12-30(37)15(2)24-28(7,25(35)22(34)21(14)27(30,5)6)19(33)11-20-29(24,13-39-20)41-17(4)32/h15-16,18-20,22-24,33-34,37H,11-13H2,1-10H3/t15-,16?,18?,19?,20?,22?,23?,24?,28+,29-,30?/m0/s1. The number of ketones is 1. The molecule has 11 atom stereocenters. The Morgan fingerprint density at radius 3 is 2.27 bits per heavy atom. The monoisotopic (exact) mass is 581 g/mol. The van der Waals surface area contributed by atoms with Crippen molar-refractivity contribution in [2.75, 3.05) is 27.8 Å². The van der Waals surface area contributed by atoms with E-state index in [4.69, 9.17) is 18.9 Å². The van der Waals surface area contributed by atoms with Gasteiger partial charge in [-0.25, -0.2) is 4.79 Å². The van der Waals surface area contributed by atoms with Crippen LogP contribution in [0.25, 0.3) is 0 Å². The van der Waals surface area contributed by atoms with Gasteiger partial charge in [-0.15, -0.1) is 0 Å². The van der Waals surface area contributed by atoms with Gasteiger partial charge in [0.05, 0.1) is 23.7 Å². The van der Waals surface area contributed by atoms with Crippen LogP contribution in [0.4, 0.5) is 0 Å². The molecule has 3 N–H and O–H groups in total. The van der Waals surface area contributed by atoms with Gasteiger partial charge >= 0.3 is 11.9 Å². The maximum Gasteiger partial charge on any atom is 0.337 e. The number of fused-ring (bicyclic) bond motifs is 5. The molecule has 0 aromatic heterocycles. The van der Waals surface area contributed by atoms with E-state index in [0.717, 1.165) is 0 Å². The van der Waals surface area contributed by atoms with Crippen LogP contribution >= 0.6 is 0 Å². The first-order valence-electron chi connectivity index (χ1n) is 14.4. The third-order valence-electron chi connectivity index (χ3n) is 11.2. The number of aliphatic hydroxyl groups is 3. The van der Waals surface area contributed by atoms with Crippen molar-refractivity contribution in [1.82, 2.24) is 4.90 Å². The fourth-order valence-corrected chi connectivity index (χ4v) is 8.47. The van der Waals surface area contributed by atoms with Crippen molar-refractivity contribution in [3.8, 4) is 0 Å². The van der Waals surface area contributed by atoms with Crippen LogP contribution in [0.2, 0.25) is 0 Å². The molecule has 0 aromatic rings. The van der Waals surface area contributed by atoms with Crippen LogP contribution in [-0.2, 0) is 33.3 Å². The minimum Gasteiger partial charge on any atom is -0.456 e. The number of hydrogen-bond acceptors (Lipinski definition) is 11. The largest absolute Gasteiger partial charge is 0.456 e. The number of ether oxygens (including phenoxy) is 4. The van der Waals surface area contributed by atoms with Crippen molar-refractivity contribution in [3.05, 3.63) is 11.1 Å². The van der Waals surface area contributed by atoms with Crippen molar-refractivity contribution in [2.45, 2.75) is 109 Å². The minimum atomic E-state index is -1.71. The van der Waals surface area contributed by atoms with Crippen molar-refractivity contribution in [3.63, 3.8) is 0 Å². The molecule has 11 heteroatoms. The van der Waals surface area contributed by atoms with Crippen LogP contribution in [0, 0.1) is 22.7 Å². The zero-order valence-electron chi connectivity index (χ0n) is 25.9. The topological polar surface area (TPSA) is 152 Å². The van der Waals surface area contributed by atoms with E-state index >= 15 is 0 Å². The number of hydrogen-bond donors (Lipinski definition) is 3. The van der Waals surface area contributed by atoms with Gasteiger partial charge in [0.25, 0.3) is 0 Å². The highest BCUT2D eigenvalue weighted by atomic mass is 16.6. The number of methoxy groups -OCH3 is 1. The summed E-state index contributed by atoms with van der Waals surface area (Å²) in [6, 6.07) is -0.316. The SMILES string of the molecule is COC(C(=O)OC1CC2(O)[C@@H](C)C3[C@]4(OC(C)=O)COC4CC(O)[C@@]3(C)C(=O)C(O)C(=C1C)C2(C)C)C(C)N(C)C. The van der Waals surface area contributed by atoms with E-state index in [2.05, 4.69) is 0 Å². The highest BCUT2D eigenvalue weighted by Crippen LogP contribution is 2.65. The maximum atomic E-state index is 14.4. The summed E-state index contributed by atoms with van der Waals surface area (Å²) >= 11 is 0. The van der Waals surface area contributed by atoms with Gasteiger partial charge in [-0.05, 0) is 51.9 Å². The van der Waals surface area contributed by atoms with Gasteiger partial charge in [-0.3, -0.25) is 9.59 Å². The van der Waals surface area contributed by atoms with Crippen LogP contribution in [0.5, 0.6) is 0 Å². The van der Waals surface area contributed by atoms with Crippen LogP contribution < -0.4 is 0 Å². The van der Waals surface area contributed by atoms with Gasteiger partial charge in [-0.1, -0.05) is 20.8 Å². The summed E-state index contributed by atoms with van der Waals surface area (Å²) in [5.74, 6) is -3.52. The van der Waals surface area contributed by atoms with Crippen LogP contribution in [0.15, 0.2) is 11.1 Å². The molecule has 0 spiro atoms. The molecule has 41 heavy (non-hydrogen) atoms. The van der Waals surface area contributed by atoms with Crippen LogP contribution in [-0.4, -0.2) is 114 Å². The molecule has 3 fully saturated rings. The smallest absolute Gasteiger partial charge is 0.337 e. The number of aliphatic hydroxyl groups excluding tert-OH is 2. The number of esters is 2. The number of rotatable bonds is 6. The van der Waals surface area contributed by atoms with Crippen molar-refractivity contribution in [2.24, 2.45) is 22.7 Å². The number of likely N-dealkylation sites (N-methyl/N-ethyl adjacent to an activating group) is 1. The highest BCUT2D eigenvalue weighted by molar-refractivity contribution is 5.93. The Morgan fingerprint density at radius 2 is 1.78 bits per heavy atom. The molecule has 0 radical (unpaired) electrons. The summed E-state index contributed by atoms with van der Waals surface area (Å²) in [5, 5.41) is 36.0. The lowest BCUT2D eigenvalue weighted by Crippen LogP contribution is -2.79. The van der Waals surface area contributed by atoms with Gasteiger partial charge in [0.2, 0.25) is 0 Å². The van der Waals surface area contributed by atoms with Crippen molar-refractivity contribution in [1.29, 1.82) is 0 Å². The zero-order valence-corrected chi connectivity index (χ0v) is 25.9. The molecule has 3 aliphatic carbocycles. The van der Waals surface area contributed by atoms with Gasteiger partial charge < -0.3 is 39.2 Å². The predicted octanol–water partition coefficient (Wildman–Crippen LogP) is 1.01. The lowest BCUT2D eigenvalue weighted by atomic mass is 9.42. The first-order chi connectivity index (χ1) is 18.8. The predicted molar refractivity (Wildman–Crippen MR) is 147 cm³/mol. The Morgan fingerprint density at radius 1 is 1.17 bits per heavy atom. The Bertz CT molecular complexity index is 1130. The minimum absolute atomic E-state index is 0.00741. The van der Waals surface area contributed by atoms with E-state index in [1.165, 1.54) is 14.0 Å². The summed E-state index contributed by atoms with van der Waals surface area (Å²) in [6.07, 6.45) is -5.50. The Kier molecular flexibility index (Phi) is 8.11. The normalized spacial score (nSPS) is 43.1. The van der Waals surface area contributed by atoms with Crippen LogP contribution in [0.3, 0.4) is 0 Å². The second kappa shape index (κ2) is 10.4. The van der Waals surface area contributed by atoms with E-state index in [1.807, 2.05) is 25.9 Å². The molecule has 1 heterocycles. The molecule has 1 aliphatic heterocycles. The van der Waals surface area contributed by atoms with Crippen molar-refractivity contribution < 1.29 is 48.7 Å². The molecule has 4 aliphatic rings. The molecule has 4 rings (SSSR count). The lowest BCUT2D eigenvalue weighted by Gasteiger charge is -2.68. The molecule has 0 aromatic carbocycles. The fraction of sp³-hybridized carbons (Fsp3) is 0.833. The maximum absolute atomic E-state index is 14.4. The van der Waals surface area contributed by atoms with Gasteiger partial charge in [0.1, 0.15) is 18.3 Å². The van der Waals surface area contributed by atoms with E-state index in [-0.39, 0.29) is 31.1 Å². The molecule has 2 saturated carbocycles. The van der Waals surface area contributed by atoms with Gasteiger partial charge in [0.15, 0.2) is 17.5 Å². The molecular formula is C30H47NO10. The van der Waals surface area contributed by atoms with E-state index in [9.17, 15) is 29.7 Å². The molecule has 2 bridgehead atoms. The van der Waals surface area contributed by atoms with Crippen LogP contribution in [0.1, 0.15) is 61.3 Å². The second-order valence-electron chi connectivity index (χ2n) is 13.6. The fourth-order valence-electron chi connectivity index (χ4n) is 8.47. The third kappa shape index (κ3) is 4.33. The van der Waals surface area contributed by atoms with E-state index < -0.39 is 82.1 Å². The summed E-state index contributed by atoms with van der Waals surface area (Å²) < 4.78 is 23.1. The first kappa shape index (κ1) is 32.0. The summed E-state index contributed by atoms with van der Waals surface area (Å²) in [6.45, 7) is 11.7. The molecule has 0 amide bonds. The molecule has 11 nitrogen and oxygen atoms in total. The Labute approximate surface area is 242 Å². The summed E-state index contributed by atoms with van der Waals surface area (Å²) in [7, 11) is 5.05. The third-order valence-corrected chi connectivity index (χ3v) is 11.2. The molecule has 232 valence electrons. The lowest BCUT2D eigenvalue weighted by molar-refractivity contribution is -0.338. The van der Waals surface area contributed by atoms with Gasteiger partial charge in [0, 0.05) is 44.2 Å². The summed E-state index contributed by atoms with van der Waals surface area (Å²) in [5.41, 5.74) is -4.96. The number of carbonyl (C=O) groups is 3. The molecular weight excluding hydrogens is 534 g/mol. The quantitative estimate of drug-likeness (QED) is 0.304. The Balaban J connectivity index is 1.89. The highest BCUT2D eigenvalue weighted by Gasteiger charge is 2.75. The first-order valence-corrected chi connectivity index (χ1v) is 14.4. The zero-order chi connectivity index (χ0) is 31.0. The molecule has 8 unspecified atom stereocenters. The average Bonchev–Trinajstić information content (AvgIpc) is 2.87. The van der Waals surface area contributed by atoms with Gasteiger partial charge in [-0.2, -0.15) is 0 Å². The molecule has 1 saturated heterocycles. The summed E-state index contributed by atoms with van der Waals surface area (Å²) in [4.78, 5) is 41.9. The Hall–Kier alpha value is -1.89. The van der Waals surface area contributed by atoms with E-state index in [1.54, 1.807) is 34.6 Å². The average molecular weight is 582 g/mol. The van der Waals surface area contributed by atoms with E-state index in [0.29, 0.717) is 5.57 Å². The number of nitrogens with zero attached hydrogens (tertiary/aromatic N) is 1. The number of Topliss-reactive ketones (excluding diaryl/α,β-unsaturated/α-hetero) is 1. The number of carbonyl (C=O) groups excluding carboxylic acids is 3. The van der Waals surface area contributed by atoms with Crippen molar-refractivity contribution >= 4 is 17.7 Å².